The van der Waals surface area contributed by atoms with Crippen LogP contribution in [0.25, 0.3) is 197 Å². The molecule has 8 heterocycles. The minimum absolute atomic E-state index is 0. The molecule has 12 heteroatoms. The van der Waals surface area contributed by atoms with Gasteiger partial charge in [-0.1, -0.05) is 320 Å². The number of nitrogens with zero attached hydrogens (tertiary/aromatic N) is 8. The Bertz CT molecular complexity index is 9100. The molecular weight excluding hydrogens is 1770 g/mol. The molecule has 0 amide bonds. The molecule has 0 aliphatic carbocycles. The van der Waals surface area contributed by atoms with E-state index in [1.165, 1.54) is 29.2 Å². The van der Waals surface area contributed by atoms with Crippen molar-refractivity contribution < 1.29 is 57.9 Å². The van der Waals surface area contributed by atoms with E-state index in [9.17, 15) is 0 Å². The number of pyridine rings is 4. The van der Waals surface area contributed by atoms with Crippen LogP contribution in [0.5, 0.6) is 0 Å². The first-order chi connectivity index (χ1) is 74.3. The molecule has 8 aromatic heterocycles. The molecule has 12 aromatic carbocycles. The van der Waals surface area contributed by atoms with E-state index in [-0.39, 0.29) is 69.5 Å². The Labute approximate surface area is 881 Å². The molecule has 1 atom stereocenters. The van der Waals surface area contributed by atoms with Crippen LogP contribution in [-0.4, -0.2) is 0 Å². The monoisotopic (exact) mass is 1930 g/mol. The fourth-order valence-corrected chi connectivity index (χ4v) is 19.2. The van der Waals surface area contributed by atoms with Gasteiger partial charge in [-0.05, 0) is 179 Å². The summed E-state index contributed by atoms with van der Waals surface area (Å²) in [6.45, 7) is 63.6. The SMILES string of the molecule is C.C.C.[2H]c1c([2H])c(-c2c(C)ccc3c2oc2c(-c4ccc(C(C)C)cc4)c([N+]#[C-])ccc23)[n+](C)c(C)c1C([2H])([2H])[2H].[2H]c1cc(-c2c(C)ccc3c2oc2c(-c4ccc(C(C)C)cc4)c([N+]#[C-])ccc23)[n+](C)cc1C([2H])(C)C([2H])([2H])[2H].[2H]c1cc(-c2c(C)ccc3c2oc2c(-c4ccc(C(C)C)cc4)c([N+]#[C-])ccc23)[n+](C)cc1C([2H])([2H])C(C)(C)C.[2H]c1cc(-c2c(C)ccc3c2oc2c(-c4ccc(C(C)C)cc4)c([N+]#[C-])ccc23)[n+](C)cc1C([2H])([2H])C(C)C. The van der Waals surface area contributed by atoms with Gasteiger partial charge in [0, 0.05) is 134 Å². The van der Waals surface area contributed by atoms with Crippen molar-refractivity contribution in [1.82, 2.24) is 0 Å². The Morgan fingerprint density at radius 3 is 0.862 bits per heavy atom. The second-order valence-corrected chi connectivity index (χ2v) is 39.7. The van der Waals surface area contributed by atoms with E-state index >= 15 is 0 Å². The third kappa shape index (κ3) is 20.4. The molecule has 0 aliphatic rings. The minimum Gasteiger partial charge on any atom is -0.456 e. The lowest BCUT2D eigenvalue weighted by Crippen LogP contribution is -2.35. The lowest BCUT2D eigenvalue weighted by Gasteiger charge is -2.17. The average Bonchev–Trinajstić information content (AvgIpc) is 1.62. The first-order valence-electron chi connectivity index (χ1n) is 56.2. The molecule has 145 heavy (non-hydrogen) atoms. The third-order valence-electron chi connectivity index (χ3n) is 27.0. The average molecular weight is 1930 g/mol. The molecule has 0 fully saturated rings. The van der Waals surface area contributed by atoms with E-state index in [2.05, 4.69) is 172 Å². The van der Waals surface area contributed by atoms with Crippen LogP contribution in [0.4, 0.5) is 22.7 Å². The van der Waals surface area contributed by atoms with Crippen molar-refractivity contribution in [2.75, 3.05) is 0 Å². The Kier molecular flexibility index (Phi) is 25.2. The van der Waals surface area contributed by atoms with Crippen LogP contribution >= 0.6 is 0 Å². The van der Waals surface area contributed by atoms with Gasteiger partial charge in [-0.2, -0.15) is 4.57 Å². The number of rotatable bonds is 16. The zero-order valence-corrected chi connectivity index (χ0v) is 85.0. The second kappa shape index (κ2) is 42.9. The van der Waals surface area contributed by atoms with E-state index in [1.807, 2.05) is 183 Å². The summed E-state index contributed by atoms with van der Waals surface area (Å²) < 4.78 is 168. The van der Waals surface area contributed by atoms with E-state index in [0.29, 0.717) is 130 Å². The normalized spacial score (nSPS) is 13.8. The first kappa shape index (κ1) is 85.0. The standard InChI is InChI=1S/C34H35N2O.C33H33N2O.C32H31N2O.C31H29N2O.3CH4/c1-21(2)24-11-13-25(14-12-24)31-28(35-7)17-16-27-26-15-9-22(3)30(32(26)37-33(27)31)29-18-10-23(20-36(29)8)19-34(4,5)6;1-20(2)18-23-9-17-29(35(7)19-23)30-22(5)8-14-26-27-15-16-28(34-6)31(33(27)36-32(26)30)25-12-10-24(11-13-25)21(3)4;1-19(2)22-9-11-23(12-10-22)30-27(33-6)16-15-26-25-14-8-21(5)29(31(25)35-32(26)30)28-17-13-24(20(3)4)18-34(28)7;1-18(2)22-10-12-23(13-11-22)29-26(32-6)16-15-25-24-14-8-20(4)28(30(24)34-31(25)29)27-17-9-19(3)21(5)33(27)7;;;/h9-18,20-21H,19H2,1-6,8H3;8-17,19-21H,18H2,1-5,7H3;8-20H,1-5,7H3;8-18H,1-5,7H3;3*1H4/q4*+1;;;/i10D,19D2;9D,18D2;3D3,13D,20D;3D3,9D,17D;;;. The quantitative estimate of drug-likeness (QED) is 0.0712. The zero-order valence-electron chi connectivity index (χ0n) is 101. The molecule has 0 saturated carbocycles. The van der Waals surface area contributed by atoms with Crippen molar-refractivity contribution >= 4 is 111 Å². The van der Waals surface area contributed by atoms with Gasteiger partial charge in [-0.15, -0.1) is 0 Å². The van der Waals surface area contributed by atoms with Gasteiger partial charge < -0.3 is 17.7 Å². The molecule has 20 aromatic rings. The van der Waals surface area contributed by atoms with Gasteiger partial charge in [0.05, 0.1) is 55.4 Å². The van der Waals surface area contributed by atoms with Crippen molar-refractivity contribution in [2.24, 2.45) is 39.5 Å². The highest BCUT2D eigenvalue weighted by atomic mass is 16.3. The highest BCUT2D eigenvalue weighted by Crippen LogP contribution is 2.51. The predicted molar refractivity (Wildman–Crippen MR) is 609 cm³/mol. The van der Waals surface area contributed by atoms with Gasteiger partial charge in [0.25, 0.3) is 0 Å². The fraction of sp³-hybridized carbons (Fsp3) is 0.278. The molecule has 0 radical (unpaired) electrons. The van der Waals surface area contributed by atoms with Crippen molar-refractivity contribution in [2.45, 2.75) is 210 Å². The molecular formula is C133H140N8O4+4. The van der Waals surface area contributed by atoms with Gasteiger partial charge in [-0.25, -0.2) is 33.1 Å². The van der Waals surface area contributed by atoms with Crippen LogP contribution in [-0.2, 0) is 40.9 Å². The predicted octanol–water partition coefficient (Wildman–Crippen LogP) is 37.3. The fourth-order valence-electron chi connectivity index (χ4n) is 19.2. The van der Waals surface area contributed by atoms with Gasteiger partial charge >= 0.3 is 0 Å². The highest BCUT2D eigenvalue weighted by Gasteiger charge is 2.32. The van der Waals surface area contributed by atoms with E-state index in [0.717, 1.165) is 132 Å². The molecule has 0 aliphatic heterocycles. The van der Waals surface area contributed by atoms with Crippen LogP contribution in [0.15, 0.2) is 279 Å². The lowest BCUT2D eigenvalue weighted by molar-refractivity contribution is -0.667. The van der Waals surface area contributed by atoms with Crippen molar-refractivity contribution in [3.63, 3.8) is 0 Å². The van der Waals surface area contributed by atoms with Gasteiger partial charge in [0.2, 0.25) is 22.8 Å². The number of aryl methyl sites for hydroxylation is 7. The molecule has 12 nitrogen and oxygen atoms in total. The Morgan fingerprint density at radius 2 is 0.586 bits per heavy atom. The number of benzene rings is 12. The smallest absolute Gasteiger partial charge is 0.216 e. The number of furan rings is 4. The van der Waals surface area contributed by atoms with Crippen LogP contribution in [0.2, 0.25) is 0 Å². The summed E-state index contributed by atoms with van der Waals surface area (Å²) in [7, 11) is 7.27. The molecule has 0 saturated heterocycles. The number of hydrogen-bond donors (Lipinski definition) is 0. The summed E-state index contributed by atoms with van der Waals surface area (Å²) in [4.78, 5) is 15.2. The Balaban J connectivity index is 0.000000166. The minimum atomic E-state index is -2.59. The van der Waals surface area contributed by atoms with Crippen molar-refractivity contribution in [3.05, 3.63) is 379 Å². The van der Waals surface area contributed by atoms with E-state index in [4.69, 9.17) is 65.9 Å². The molecule has 0 N–H and O–H groups in total. The summed E-state index contributed by atoms with van der Waals surface area (Å²) >= 11 is 0. The Morgan fingerprint density at radius 1 is 0.317 bits per heavy atom. The molecule has 732 valence electrons. The topological polar surface area (TPSA) is 85.5 Å². The maximum Gasteiger partial charge on any atom is 0.216 e. The summed E-state index contributed by atoms with van der Waals surface area (Å²) in [5, 5.41) is 7.18. The maximum absolute atomic E-state index is 8.85. The van der Waals surface area contributed by atoms with Gasteiger partial charge in [-0.3, -0.25) is 0 Å². The van der Waals surface area contributed by atoms with Gasteiger partial charge in [0.1, 0.15) is 72.9 Å². The first-order valence-corrected chi connectivity index (χ1v) is 48.2. The van der Waals surface area contributed by atoms with E-state index in [1.54, 1.807) is 66.9 Å². The van der Waals surface area contributed by atoms with Crippen molar-refractivity contribution in [3.8, 4) is 89.5 Å². The van der Waals surface area contributed by atoms with E-state index < -0.39 is 37.8 Å². The zero-order chi connectivity index (χ0) is 115. The number of aromatic nitrogens is 4. The number of hydrogen-bond acceptors (Lipinski definition) is 4. The lowest BCUT2D eigenvalue weighted by atomic mass is 9.88. The summed E-state index contributed by atoms with van der Waals surface area (Å²) in [5.74, 6) is -0.599. The van der Waals surface area contributed by atoms with Gasteiger partial charge in [0.15, 0.2) is 47.0 Å². The molecule has 20 rings (SSSR count). The second-order valence-electron chi connectivity index (χ2n) is 39.7. The largest absolute Gasteiger partial charge is 0.456 e. The molecule has 1 unspecified atom stereocenters. The summed E-state index contributed by atoms with van der Waals surface area (Å²) in [6, 6.07) is 69.2. The van der Waals surface area contributed by atoms with Crippen LogP contribution in [0.3, 0.4) is 0 Å². The maximum atomic E-state index is 8.85. The van der Waals surface area contributed by atoms with Crippen LogP contribution in [0, 0.1) is 79.1 Å². The third-order valence-corrected chi connectivity index (χ3v) is 27.0. The van der Waals surface area contributed by atoms with Crippen LogP contribution < -0.4 is 18.3 Å². The highest BCUT2D eigenvalue weighted by molar-refractivity contribution is 6.19. The summed E-state index contributed by atoms with van der Waals surface area (Å²) in [5.41, 5.74) is 28.7. The van der Waals surface area contributed by atoms with Crippen molar-refractivity contribution in [1.29, 1.82) is 0 Å². The molecule has 0 spiro atoms. The molecule has 0 bridgehead atoms. The Hall–Kier alpha value is -15.6. The summed E-state index contributed by atoms with van der Waals surface area (Å²) in [6.07, 6.45) is 1.73. The number of fused-ring (bicyclic) bond motifs is 12. The van der Waals surface area contributed by atoms with Crippen LogP contribution in [0.1, 0.15) is 250 Å².